The summed E-state index contributed by atoms with van der Waals surface area (Å²) in [5.41, 5.74) is 1.85. The Bertz CT molecular complexity index is 804. The maximum atomic E-state index is 12.2. The van der Waals surface area contributed by atoms with Crippen LogP contribution >= 0.6 is 0 Å². The van der Waals surface area contributed by atoms with E-state index in [9.17, 15) is 9.59 Å². The van der Waals surface area contributed by atoms with Gasteiger partial charge >= 0.3 is 11.7 Å². The van der Waals surface area contributed by atoms with Crippen molar-refractivity contribution in [2.75, 3.05) is 7.11 Å². The van der Waals surface area contributed by atoms with Crippen molar-refractivity contribution < 1.29 is 9.53 Å². The normalized spacial score (nSPS) is 21.5. The number of imidazole rings is 1. The number of fused-ring (bicyclic) bond motifs is 1. The first-order valence-electron chi connectivity index (χ1n) is 7.36. The van der Waals surface area contributed by atoms with Crippen molar-refractivity contribution in [3.05, 3.63) is 34.2 Å². The van der Waals surface area contributed by atoms with Crippen LogP contribution in [-0.4, -0.2) is 22.6 Å². The molecule has 0 aliphatic heterocycles. The number of rotatable bonds is 2. The summed E-state index contributed by atoms with van der Waals surface area (Å²) in [5, 5.41) is 8.93. The molecular weight excluding hydrogens is 282 g/mol. The first kappa shape index (κ1) is 14.4. The Morgan fingerprint density at radius 3 is 2.73 bits per heavy atom. The minimum absolute atomic E-state index is 0.0626. The zero-order valence-corrected chi connectivity index (χ0v) is 12.3. The highest BCUT2D eigenvalue weighted by Crippen LogP contribution is 2.33. The van der Waals surface area contributed by atoms with E-state index in [0.717, 1.165) is 31.2 Å². The van der Waals surface area contributed by atoms with Crippen molar-refractivity contribution in [2.45, 2.75) is 31.7 Å². The molecule has 1 aromatic heterocycles. The number of nitrogens with one attached hydrogen (secondary N) is 1. The molecule has 0 atom stereocenters. The molecule has 0 radical (unpaired) electrons. The minimum Gasteiger partial charge on any atom is -0.469 e. The third-order valence-corrected chi connectivity index (χ3v) is 4.44. The zero-order valence-electron chi connectivity index (χ0n) is 12.3. The van der Waals surface area contributed by atoms with E-state index in [4.69, 9.17) is 10.00 Å². The highest BCUT2D eigenvalue weighted by Gasteiger charge is 2.29. The number of hydrogen-bond donors (Lipinski definition) is 1. The van der Waals surface area contributed by atoms with E-state index in [1.807, 2.05) is 0 Å². The second-order valence-corrected chi connectivity index (χ2v) is 5.67. The summed E-state index contributed by atoms with van der Waals surface area (Å²) in [6.45, 7) is 0. The topological polar surface area (TPSA) is 87.9 Å². The van der Waals surface area contributed by atoms with Crippen molar-refractivity contribution >= 4 is 17.0 Å². The molecule has 0 unspecified atom stereocenters. The molecule has 1 aliphatic rings. The Balaban J connectivity index is 1.89. The maximum Gasteiger partial charge on any atom is 0.326 e. The molecular formula is C16H17N3O3. The molecule has 1 saturated carbocycles. The van der Waals surface area contributed by atoms with Crippen LogP contribution in [0.3, 0.4) is 0 Å². The van der Waals surface area contributed by atoms with Crippen molar-refractivity contribution in [2.24, 2.45) is 5.92 Å². The Kier molecular flexibility index (Phi) is 3.72. The molecule has 0 bridgehead atoms. The SMILES string of the molecule is COC(=O)[C@H]1CC[C@@H](n2c(=O)[nH]c3cc(C#N)ccc32)CC1. The van der Waals surface area contributed by atoms with Gasteiger partial charge in [0.05, 0.1) is 35.7 Å². The quantitative estimate of drug-likeness (QED) is 0.860. The largest absolute Gasteiger partial charge is 0.469 e. The van der Waals surface area contributed by atoms with Gasteiger partial charge in [0.1, 0.15) is 0 Å². The van der Waals surface area contributed by atoms with Crippen LogP contribution in [0.15, 0.2) is 23.0 Å². The van der Waals surface area contributed by atoms with E-state index < -0.39 is 0 Å². The van der Waals surface area contributed by atoms with Crippen LogP contribution in [-0.2, 0) is 9.53 Å². The number of benzene rings is 1. The number of hydrogen-bond acceptors (Lipinski definition) is 4. The molecule has 1 aromatic carbocycles. The second kappa shape index (κ2) is 5.68. The van der Waals surface area contributed by atoms with Gasteiger partial charge in [-0.1, -0.05) is 0 Å². The summed E-state index contributed by atoms with van der Waals surface area (Å²) in [6, 6.07) is 7.35. The molecule has 1 aliphatic carbocycles. The number of carbonyl (C=O) groups excluding carboxylic acids is 1. The number of aromatic amines is 1. The Morgan fingerprint density at radius 1 is 1.36 bits per heavy atom. The molecule has 0 spiro atoms. The number of nitrogens with zero attached hydrogens (tertiary/aromatic N) is 2. The molecule has 114 valence electrons. The van der Waals surface area contributed by atoms with Crippen LogP contribution in [0.2, 0.25) is 0 Å². The predicted octanol–water partition coefficient (Wildman–Crippen LogP) is 2.11. The molecule has 0 saturated heterocycles. The lowest BCUT2D eigenvalue weighted by molar-refractivity contribution is -0.146. The highest BCUT2D eigenvalue weighted by atomic mass is 16.5. The van der Waals surface area contributed by atoms with Crippen LogP contribution in [0.25, 0.3) is 11.0 Å². The Labute approximate surface area is 127 Å². The molecule has 2 aromatic rings. The van der Waals surface area contributed by atoms with Gasteiger partial charge in [0.15, 0.2) is 0 Å². The van der Waals surface area contributed by atoms with Gasteiger partial charge in [-0.05, 0) is 43.9 Å². The van der Waals surface area contributed by atoms with Gasteiger partial charge in [-0.25, -0.2) is 4.79 Å². The van der Waals surface area contributed by atoms with Crippen molar-refractivity contribution in [3.63, 3.8) is 0 Å². The molecule has 0 amide bonds. The number of esters is 1. The third-order valence-electron chi connectivity index (χ3n) is 4.44. The van der Waals surface area contributed by atoms with E-state index in [-0.39, 0.29) is 23.6 Å². The molecule has 6 heteroatoms. The van der Waals surface area contributed by atoms with Crippen LogP contribution < -0.4 is 5.69 Å². The monoisotopic (exact) mass is 299 g/mol. The van der Waals surface area contributed by atoms with Gasteiger partial charge in [0, 0.05) is 6.04 Å². The van der Waals surface area contributed by atoms with Gasteiger partial charge in [-0.3, -0.25) is 9.36 Å². The number of methoxy groups -OCH3 is 1. The third kappa shape index (κ3) is 2.39. The van der Waals surface area contributed by atoms with E-state index in [1.165, 1.54) is 7.11 Å². The summed E-state index contributed by atoms with van der Waals surface area (Å²) in [6.07, 6.45) is 3.00. The summed E-state index contributed by atoms with van der Waals surface area (Å²) >= 11 is 0. The first-order valence-corrected chi connectivity index (χ1v) is 7.36. The van der Waals surface area contributed by atoms with Crippen LogP contribution in [0.4, 0.5) is 0 Å². The van der Waals surface area contributed by atoms with E-state index in [2.05, 4.69) is 11.1 Å². The second-order valence-electron chi connectivity index (χ2n) is 5.67. The molecule has 22 heavy (non-hydrogen) atoms. The summed E-state index contributed by atoms with van der Waals surface area (Å²) in [4.78, 5) is 26.6. The summed E-state index contributed by atoms with van der Waals surface area (Å²) < 4.78 is 6.54. The van der Waals surface area contributed by atoms with Gasteiger partial charge in [0.2, 0.25) is 0 Å². The molecule has 1 N–H and O–H groups in total. The lowest BCUT2D eigenvalue weighted by Gasteiger charge is -2.27. The average molecular weight is 299 g/mol. The Hall–Kier alpha value is -2.55. The molecule has 6 nitrogen and oxygen atoms in total. The smallest absolute Gasteiger partial charge is 0.326 e. The number of carbonyl (C=O) groups is 1. The van der Waals surface area contributed by atoms with Crippen LogP contribution in [0.5, 0.6) is 0 Å². The molecule has 1 heterocycles. The lowest BCUT2D eigenvalue weighted by Crippen LogP contribution is -2.29. The van der Waals surface area contributed by atoms with Gasteiger partial charge in [-0.15, -0.1) is 0 Å². The number of nitriles is 1. The average Bonchev–Trinajstić information content (AvgIpc) is 2.89. The van der Waals surface area contributed by atoms with Gasteiger partial charge in [-0.2, -0.15) is 5.26 Å². The fraction of sp³-hybridized carbons (Fsp3) is 0.438. The van der Waals surface area contributed by atoms with E-state index in [0.29, 0.717) is 11.1 Å². The summed E-state index contributed by atoms with van der Waals surface area (Å²) in [7, 11) is 1.41. The standard InChI is InChI=1S/C16H17N3O3/c1-22-15(20)11-3-5-12(6-4-11)19-14-7-2-10(9-17)8-13(14)18-16(19)21/h2,7-8,11-12H,3-6H2,1H3,(H,18,21)/t11-,12+. The van der Waals surface area contributed by atoms with Crippen molar-refractivity contribution in [3.8, 4) is 6.07 Å². The molecule has 3 rings (SSSR count). The summed E-state index contributed by atoms with van der Waals surface area (Å²) in [5.74, 6) is -0.226. The fourth-order valence-corrected chi connectivity index (χ4v) is 3.30. The van der Waals surface area contributed by atoms with Gasteiger partial charge in [0.25, 0.3) is 0 Å². The Morgan fingerprint density at radius 2 is 2.09 bits per heavy atom. The van der Waals surface area contributed by atoms with E-state index >= 15 is 0 Å². The van der Waals surface area contributed by atoms with Gasteiger partial charge < -0.3 is 9.72 Å². The number of aromatic nitrogens is 2. The fourth-order valence-electron chi connectivity index (χ4n) is 3.30. The van der Waals surface area contributed by atoms with Crippen LogP contribution in [0.1, 0.15) is 37.3 Å². The maximum absolute atomic E-state index is 12.2. The van der Waals surface area contributed by atoms with Crippen LogP contribution in [0, 0.1) is 17.2 Å². The number of ether oxygens (including phenoxy) is 1. The zero-order chi connectivity index (χ0) is 15.7. The number of H-pyrrole nitrogens is 1. The predicted molar refractivity (Wildman–Crippen MR) is 80.3 cm³/mol. The van der Waals surface area contributed by atoms with Crippen molar-refractivity contribution in [1.29, 1.82) is 5.26 Å². The highest BCUT2D eigenvalue weighted by molar-refractivity contribution is 5.77. The lowest BCUT2D eigenvalue weighted by atomic mass is 9.86. The minimum atomic E-state index is -0.164. The van der Waals surface area contributed by atoms with E-state index in [1.54, 1.807) is 22.8 Å². The van der Waals surface area contributed by atoms with Crippen molar-refractivity contribution in [1.82, 2.24) is 9.55 Å². The first-order chi connectivity index (χ1) is 10.6. The molecule has 1 fully saturated rings.